The van der Waals surface area contributed by atoms with Crippen LogP contribution in [0.4, 0.5) is 0 Å². The molecule has 1 aliphatic heterocycles. The fraction of sp³-hybridized carbons (Fsp3) is 0.368. The van der Waals surface area contributed by atoms with Gasteiger partial charge in [0.05, 0.1) is 48.3 Å². The van der Waals surface area contributed by atoms with Gasteiger partial charge in [0.15, 0.2) is 18.1 Å². The highest BCUT2D eigenvalue weighted by molar-refractivity contribution is 8.04. The molecule has 1 fully saturated rings. The highest BCUT2D eigenvalue weighted by Crippen LogP contribution is 2.36. The summed E-state index contributed by atoms with van der Waals surface area (Å²) in [5.74, 6) is -1.61. The number of hydrogen-bond donors (Lipinski definition) is 1. The summed E-state index contributed by atoms with van der Waals surface area (Å²) in [7, 11) is 2.60. The van der Waals surface area contributed by atoms with Gasteiger partial charge >= 0.3 is 11.9 Å². The summed E-state index contributed by atoms with van der Waals surface area (Å²) in [6, 6.07) is 2.68. The summed E-state index contributed by atoms with van der Waals surface area (Å²) >= 11 is 7.35. The normalized spacial score (nSPS) is 14.5. The average Bonchev–Trinajstić information content (AvgIpc) is 3.08. The van der Waals surface area contributed by atoms with Crippen LogP contribution in [0.5, 0.6) is 11.5 Å². The van der Waals surface area contributed by atoms with E-state index in [0.717, 1.165) is 0 Å². The van der Waals surface area contributed by atoms with Crippen molar-refractivity contribution in [2.75, 3.05) is 39.7 Å². The van der Waals surface area contributed by atoms with Crippen molar-refractivity contribution in [2.24, 2.45) is 5.73 Å². The molecule has 0 aliphatic carbocycles. The summed E-state index contributed by atoms with van der Waals surface area (Å²) in [6.45, 7) is -0.107. The summed E-state index contributed by atoms with van der Waals surface area (Å²) in [6.07, 6.45) is 1.60. The summed E-state index contributed by atoms with van der Waals surface area (Å²) in [5.41, 5.74) is 5.16. The largest absolute Gasteiger partial charge is 0.493 e. The van der Waals surface area contributed by atoms with E-state index in [2.05, 4.69) is 4.74 Å². The molecule has 1 saturated heterocycles. The van der Waals surface area contributed by atoms with Crippen molar-refractivity contribution in [3.63, 3.8) is 0 Å². The third-order valence-corrected chi connectivity index (χ3v) is 5.24. The summed E-state index contributed by atoms with van der Waals surface area (Å²) in [5, 5.41) is 0.538. The molecule has 1 heterocycles. The van der Waals surface area contributed by atoms with Crippen molar-refractivity contribution in [3.05, 3.63) is 33.8 Å². The standard InChI is InChI=1S/C19H21ClN2O8S/c1-27-13-7-11(6-12(20)18(13)30-9-14(21)23)19(26)29-5-3-4-22-15(24)10-31-16(22)8-17(25)28-2/h6-8H,3-5,9-10H2,1-2H3,(H2,21,23)/b16-8+. The molecular formula is C19H21ClN2O8S. The minimum atomic E-state index is -0.693. The molecule has 12 heteroatoms. The lowest BCUT2D eigenvalue weighted by molar-refractivity contribution is -0.135. The zero-order valence-corrected chi connectivity index (χ0v) is 18.4. The molecule has 168 valence electrons. The van der Waals surface area contributed by atoms with Crippen LogP contribution in [0, 0.1) is 0 Å². The number of amides is 2. The number of esters is 2. The molecule has 0 radical (unpaired) electrons. The van der Waals surface area contributed by atoms with Crippen LogP contribution < -0.4 is 15.2 Å². The maximum atomic E-state index is 12.3. The average molecular weight is 473 g/mol. The van der Waals surface area contributed by atoms with Gasteiger partial charge in [-0.15, -0.1) is 0 Å². The Morgan fingerprint density at radius 3 is 2.68 bits per heavy atom. The van der Waals surface area contributed by atoms with E-state index < -0.39 is 24.5 Å². The second kappa shape index (κ2) is 11.5. The first-order valence-corrected chi connectivity index (χ1v) is 10.3. The number of halogens is 1. The first kappa shape index (κ1) is 24.4. The molecule has 0 unspecified atom stereocenters. The van der Waals surface area contributed by atoms with Gasteiger partial charge in [-0.05, 0) is 18.6 Å². The molecule has 31 heavy (non-hydrogen) atoms. The number of nitrogens with two attached hydrogens (primary N) is 1. The van der Waals surface area contributed by atoms with Gasteiger partial charge in [0, 0.05) is 6.54 Å². The van der Waals surface area contributed by atoms with Crippen LogP contribution in [0.25, 0.3) is 0 Å². The Morgan fingerprint density at radius 1 is 1.29 bits per heavy atom. The Balaban J connectivity index is 1.94. The molecule has 2 amide bonds. The van der Waals surface area contributed by atoms with Gasteiger partial charge < -0.3 is 29.6 Å². The van der Waals surface area contributed by atoms with Crippen LogP contribution in [0.2, 0.25) is 5.02 Å². The first-order chi connectivity index (χ1) is 14.8. The van der Waals surface area contributed by atoms with Crippen LogP contribution in [-0.2, 0) is 23.9 Å². The lowest BCUT2D eigenvalue weighted by Gasteiger charge is -2.17. The molecule has 10 nitrogen and oxygen atoms in total. The second-order valence-electron chi connectivity index (χ2n) is 6.07. The molecule has 2 rings (SSSR count). The number of ether oxygens (including phenoxy) is 4. The first-order valence-electron chi connectivity index (χ1n) is 8.95. The van der Waals surface area contributed by atoms with Crippen LogP contribution in [0.3, 0.4) is 0 Å². The van der Waals surface area contributed by atoms with Crippen LogP contribution >= 0.6 is 23.4 Å². The zero-order chi connectivity index (χ0) is 23.0. The van der Waals surface area contributed by atoms with Crippen molar-refractivity contribution in [3.8, 4) is 11.5 Å². The number of primary amides is 1. The van der Waals surface area contributed by atoms with Gasteiger partial charge in [-0.1, -0.05) is 23.4 Å². The monoisotopic (exact) mass is 472 g/mol. The molecule has 0 aromatic heterocycles. The lowest BCUT2D eigenvalue weighted by atomic mass is 10.2. The third kappa shape index (κ3) is 6.79. The van der Waals surface area contributed by atoms with Crippen molar-refractivity contribution in [2.45, 2.75) is 6.42 Å². The van der Waals surface area contributed by atoms with Gasteiger partial charge in [-0.2, -0.15) is 0 Å². The predicted octanol–water partition coefficient (Wildman–Crippen LogP) is 1.35. The predicted molar refractivity (Wildman–Crippen MR) is 112 cm³/mol. The number of carbonyl (C=O) groups is 4. The van der Waals surface area contributed by atoms with E-state index in [1.165, 1.54) is 49.1 Å². The molecule has 1 aromatic carbocycles. The Morgan fingerprint density at radius 2 is 2.03 bits per heavy atom. The quantitative estimate of drug-likeness (QED) is 0.304. The van der Waals surface area contributed by atoms with Gasteiger partial charge in [-0.25, -0.2) is 9.59 Å². The number of rotatable bonds is 10. The minimum absolute atomic E-state index is 0.0264. The van der Waals surface area contributed by atoms with Crippen LogP contribution in [0.15, 0.2) is 23.2 Å². The minimum Gasteiger partial charge on any atom is -0.493 e. The van der Waals surface area contributed by atoms with E-state index in [4.69, 9.17) is 31.5 Å². The Bertz CT molecular complexity index is 905. The van der Waals surface area contributed by atoms with Crippen molar-refractivity contribution in [1.29, 1.82) is 0 Å². The molecule has 0 saturated carbocycles. The smallest absolute Gasteiger partial charge is 0.338 e. The van der Waals surface area contributed by atoms with Gasteiger partial charge in [-0.3, -0.25) is 9.59 Å². The van der Waals surface area contributed by atoms with Gasteiger partial charge in [0.2, 0.25) is 5.91 Å². The van der Waals surface area contributed by atoms with Gasteiger partial charge in [0.25, 0.3) is 5.91 Å². The van der Waals surface area contributed by atoms with Gasteiger partial charge in [0.1, 0.15) is 0 Å². The van der Waals surface area contributed by atoms with Crippen LogP contribution in [0.1, 0.15) is 16.8 Å². The molecule has 1 aliphatic rings. The fourth-order valence-electron chi connectivity index (χ4n) is 2.52. The molecule has 0 bridgehead atoms. The molecule has 0 atom stereocenters. The number of hydrogen-bond acceptors (Lipinski definition) is 9. The van der Waals surface area contributed by atoms with E-state index in [0.29, 0.717) is 11.4 Å². The zero-order valence-electron chi connectivity index (χ0n) is 16.8. The van der Waals surface area contributed by atoms with Crippen LogP contribution in [-0.4, -0.2) is 68.4 Å². The molecule has 0 spiro atoms. The Labute approximate surface area is 187 Å². The lowest BCUT2D eigenvalue weighted by Crippen LogP contribution is -2.27. The summed E-state index contributed by atoms with van der Waals surface area (Å²) < 4.78 is 20.2. The van der Waals surface area contributed by atoms with Crippen molar-refractivity contribution in [1.82, 2.24) is 4.90 Å². The van der Waals surface area contributed by atoms with E-state index in [1.54, 1.807) is 0 Å². The molecular weight excluding hydrogens is 452 g/mol. The van der Waals surface area contributed by atoms with E-state index in [9.17, 15) is 19.2 Å². The van der Waals surface area contributed by atoms with E-state index in [-0.39, 0.29) is 46.9 Å². The van der Waals surface area contributed by atoms with Crippen molar-refractivity contribution < 1.29 is 38.1 Å². The van der Waals surface area contributed by atoms with E-state index >= 15 is 0 Å². The topological polar surface area (TPSA) is 134 Å². The maximum absolute atomic E-state index is 12.3. The SMILES string of the molecule is COC(=O)/C=C1/SCC(=O)N1CCCOC(=O)c1cc(Cl)c(OCC(N)=O)c(OC)c1. The highest BCUT2D eigenvalue weighted by Gasteiger charge is 2.27. The fourth-order valence-corrected chi connectivity index (χ4v) is 3.74. The van der Waals surface area contributed by atoms with E-state index in [1.807, 2.05) is 0 Å². The number of thioether (sulfide) groups is 1. The molecule has 1 aromatic rings. The molecule has 2 N–H and O–H groups in total. The number of nitrogens with zero attached hydrogens (tertiary/aromatic N) is 1. The third-order valence-electron chi connectivity index (χ3n) is 3.94. The number of carbonyl (C=O) groups excluding carboxylic acids is 4. The Hall–Kier alpha value is -2.92. The number of methoxy groups -OCH3 is 2. The summed E-state index contributed by atoms with van der Waals surface area (Å²) in [4.78, 5) is 48.1. The Kier molecular flexibility index (Phi) is 9.01. The number of benzene rings is 1. The highest BCUT2D eigenvalue weighted by atomic mass is 35.5. The maximum Gasteiger partial charge on any atom is 0.338 e. The second-order valence-corrected chi connectivity index (χ2v) is 7.48. The van der Waals surface area contributed by atoms with Crippen molar-refractivity contribution >= 4 is 47.1 Å².